The van der Waals surface area contributed by atoms with E-state index in [-0.39, 0.29) is 5.91 Å². The van der Waals surface area contributed by atoms with Crippen molar-refractivity contribution in [1.82, 2.24) is 4.98 Å². The first-order valence-corrected chi connectivity index (χ1v) is 5.46. The first-order chi connectivity index (χ1) is 8.74. The molecule has 1 amide bonds. The molecule has 1 aliphatic heterocycles. The molecule has 0 atom stereocenters. The van der Waals surface area contributed by atoms with E-state index in [0.717, 1.165) is 11.3 Å². The van der Waals surface area contributed by atoms with Crippen LogP contribution in [-0.4, -0.2) is 16.6 Å². The minimum Gasteiger partial charge on any atom is -0.384 e. The van der Waals surface area contributed by atoms with E-state index in [1.165, 1.54) is 0 Å². The minimum absolute atomic E-state index is 0.222. The molecule has 88 valence electrons. The van der Waals surface area contributed by atoms with Gasteiger partial charge in [-0.05, 0) is 18.2 Å². The molecule has 0 spiro atoms. The van der Waals surface area contributed by atoms with Crippen molar-refractivity contribution in [2.75, 3.05) is 11.1 Å². The molecule has 0 bridgehead atoms. The van der Waals surface area contributed by atoms with E-state index in [4.69, 9.17) is 5.73 Å². The lowest BCUT2D eigenvalue weighted by Gasteiger charge is -1.98. The third kappa shape index (κ3) is 1.71. The lowest BCUT2D eigenvalue weighted by atomic mass is 10.1. The summed E-state index contributed by atoms with van der Waals surface area (Å²) in [5, 5.41) is 2.75. The van der Waals surface area contributed by atoms with Crippen LogP contribution in [0.3, 0.4) is 0 Å². The highest BCUT2D eigenvalue weighted by Gasteiger charge is 2.25. The second kappa shape index (κ2) is 3.96. The van der Waals surface area contributed by atoms with Crippen LogP contribution in [0.5, 0.6) is 0 Å². The fourth-order valence-corrected chi connectivity index (χ4v) is 1.83. The molecular weight excluding hydrogens is 228 g/mol. The topological polar surface area (TPSA) is 80.4 Å². The molecule has 0 unspecified atom stereocenters. The van der Waals surface area contributed by atoms with E-state index in [2.05, 4.69) is 15.3 Å². The summed E-state index contributed by atoms with van der Waals surface area (Å²) in [5.74, 6) is 0.584. The molecule has 18 heavy (non-hydrogen) atoms. The van der Waals surface area contributed by atoms with Crippen LogP contribution in [0.15, 0.2) is 47.5 Å². The van der Waals surface area contributed by atoms with Gasteiger partial charge in [0.1, 0.15) is 11.5 Å². The molecule has 0 radical (unpaired) electrons. The number of carbonyl (C=O) groups excluding carboxylic acids is 1. The summed E-state index contributed by atoms with van der Waals surface area (Å²) >= 11 is 0. The fourth-order valence-electron chi connectivity index (χ4n) is 1.83. The highest BCUT2D eigenvalue weighted by Crippen LogP contribution is 2.24. The van der Waals surface area contributed by atoms with Crippen LogP contribution < -0.4 is 11.1 Å². The molecule has 5 nitrogen and oxygen atoms in total. The van der Waals surface area contributed by atoms with Crippen molar-refractivity contribution in [2.45, 2.75) is 0 Å². The number of carbonyl (C=O) groups is 1. The van der Waals surface area contributed by atoms with Crippen LogP contribution in [-0.2, 0) is 4.79 Å². The molecule has 3 rings (SSSR count). The van der Waals surface area contributed by atoms with E-state index >= 15 is 0 Å². The van der Waals surface area contributed by atoms with E-state index in [1.54, 1.807) is 18.2 Å². The number of aromatic nitrogens is 1. The van der Waals surface area contributed by atoms with Gasteiger partial charge in [-0.1, -0.05) is 24.3 Å². The zero-order valence-electron chi connectivity index (χ0n) is 9.42. The van der Waals surface area contributed by atoms with Crippen molar-refractivity contribution in [2.24, 2.45) is 4.99 Å². The molecule has 2 heterocycles. The number of fused-ring (bicyclic) bond motifs is 1. The first kappa shape index (κ1) is 10.5. The van der Waals surface area contributed by atoms with Gasteiger partial charge in [0.15, 0.2) is 5.82 Å². The second-order valence-corrected chi connectivity index (χ2v) is 3.88. The zero-order chi connectivity index (χ0) is 12.5. The van der Waals surface area contributed by atoms with Crippen molar-refractivity contribution in [3.63, 3.8) is 0 Å². The Balaban J connectivity index is 2.10. The number of aliphatic imine (C=N–C) groups is 1. The lowest BCUT2D eigenvalue weighted by Crippen LogP contribution is -2.14. The SMILES string of the molecule is Nc1cccc(N=C2C(=O)Nc3ccccc32)n1. The maximum absolute atomic E-state index is 11.8. The van der Waals surface area contributed by atoms with Crippen LogP contribution in [0.25, 0.3) is 0 Å². The number of hydrogen-bond donors (Lipinski definition) is 2. The van der Waals surface area contributed by atoms with E-state index < -0.39 is 0 Å². The van der Waals surface area contributed by atoms with E-state index in [9.17, 15) is 4.79 Å². The maximum atomic E-state index is 11.8. The van der Waals surface area contributed by atoms with Gasteiger partial charge in [-0.25, -0.2) is 9.98 Å². The number of nitrogens with zero attached hydrogens (tertiary/aromatic N) is 2. The summed E-state index contributed by atoms with van der Waals surface area (Å²) in [5.41, 5.74) is 7.50. The van der Waals surface area contributed by atoms with Gasteiger partial charge in [0, 0.05) is 5.56 Å². The van der Waals surface area contributed by atoms with E-state index in [1.807, 2.05) is 24.3 Å². The van der Waals surface area contributed by atoms with Gasteiger partial charge in [0.05, 0.1) is 5.69 Å². The molecule has 5 heteroatoms. The number of anilines is 2. The average Bonchev–Trinajstić information content (AvgIpc) is 2.66. The Hall–Kier alpha value is -2.69. The quantitative estimate of drug-likeness (QED) is 0.794. The molecule has 2 aromatic rings. The molecule has 0 saturated heterocycles. The van der Waals surface area contributed by atoms with Crippen LogP contribution in [0.4, 0.5) is 17.3 Å². The second-order valence-electron chi connectivity index (χ2n) is 3.88. The Morgan fingerprint density at radius 1 is 1.11 bits per heavy atom. The molecule has 0 fully saturated rings. The van der Waals surface area contributed by atoms with Crippen molar-refractivity contribution < 1.29 is 4.79 Å². The molecule has 1 aromatic carbocycles. The fraction of sp³-hybridized carbons (Fsp3) is 0. The summed E-state index contributed by atoms with van der Waals surface area (Å²) < 4.78 is 0. The highest BCUT2D eigenvalue weighted by molar-refractivity contribution is 6.54. The average molecular weight is 238 g/mol. The molecule has 3 N–H and O–H groups in total. The maximum Gasteiger partial charge on any atom is 0.275 e. The summed E-state index contributed by atoms with van der Waals surface area (Å²) in [7, 11) is 0. The number of amides is 1. The number of nitrogens with one attached hydrogen (secondary N) is 1. The zero-order valence-corrected chi connectivity index (χ0v) is 9.42. The lowest BCUT2D eigenvalue weighted by molar-refractivity contribution is -0.110. The third-order valence-corrected chi connectivity index (χ3v) is 2.63. The van der Waals surface area contributed by atoms with Crippen molar-refractivity contribution in [3.05, 3.63) is 48.0 Å². The van der Waals surface area contributed by atoms with Gasteiger partial charge < -0.3 is 11.1 Å². The molecule has 0 aliphatic carbocycles. The molecule has 1 aromatic heterocycles. The van der Waals surface area contributed by atoms with Gasteiger partial charge in [0.2, 0.25) is 0 Å². The van der Waals surface area contributed by atoms with Crippen LogP contribution in [0.2, 0.25) is 0 Å². The Kier molecular flexibility index (Phi) is 2.30. The van der Waals surface area contributed by atoms with Gasteiger partial charge >= 0.3 is 0 Å². The Morgan fingerprint density at radius 3 is 2.78 bits per heavy atom. The minimum atomic E-state index is -0.222. The highest BCUT2D eigenvalue weighted by atomic mass is 16.2. The first-order valence-electron chi connectivity index (χ1n) is 5.46. The number of nitrogens with two attached hydrogens (primary N) is 1. The third-order valence-electron chi connectivity index (χ3n) is 2.63. The Bertz CT molecular complexity index is 664. The number of hydrogen-bond acceptors (Lipinski definition) is 4. The van der Waals surface area contributed by atoms with Crippen molar-refractivity contribution in [3.8, 4) is 0 Å². The summed E-state index contributed by atoms with van der Waals surface area (Å²) in [6.45, 7) is 0. The predicted octanol–water partition coefficient (Wildman–Crippen LogP) is 1.74. The van der Waals surface area contributed by atoms with Gasteiger partial charge in [-0.2, -0.15) is 0 Å². The molecular formula is C13H10N4O. The smallest absolute Gasteiger partial charge is 0.275 e. The van der Waals surface area contributed by atoms with Crippen LogP contribution in [0.1, 0.15) is 5.56 Å². The molecule has 1 aliphatic rings. The van der Waals surface area contributed by atoms with Crippen LogP contribution >= 0.6 is 0 Å². The number of pyridine rings is 1. The summed E-state index contributed by atoms with van der Waals surface area (Å²) in [6.07, 6.45) is 0. The summed E-state index contributed by atoms with van der Waals surface area (Å²) in [6, 6.07) is 12.5. The number of rotatable bonds is 1. The summed E-state index contributed by atoms with van der Waals surface area (Å²) in [4.78, 5) is 20.1. The van der Waals surface area contributed by atoms with Crippen molar-refractivity contribution >= 4 is 28.9 Å². The van der Waals surface area contributed by atoms with Crippen LogP contribution in [0, 0.1) is 0 Å². The normalized spacial score (nSPS) is 15.6. The Morgan fingerprint density at radius 2 is 1.94 bits per heavy atom. The monoisotopic (exact) mass is 238 g/mol. The Labute approximate surface area is 103 Å². The van der Waals surface area contributed by atoms with E-state index in [0.29, 0.717) is 17.3 Å². The van der Waals surface area contributed by atoms with Gasteiger partial charge in [-0.3, -0.25) is 4.79 Å². The number of para-hydroxylation sites is 1. The number of benzene rings is 1. The largest absolute Gasteiger partial charge is 0.384 e. The predicted molar refractivity (Wildman–Crippen MR) is 69.9 cm³/mol. The van der Waals surface area contributed by atoms with Crippen molar-refractivity contribution in [1.29, 1.82) is 0 Å². The van der Waals surface area contributed by atoms with Gasteiger partial charge in [-0.15, -0.1) is 0 Å². The van der Waals surface area contributed by atoms with Gasteiger partial charge in [0.25, 0.3) is 5.91 Å². The number of nitrogen functional groups attached to an aromatic ring is 1. The standard InChI is InChI=1S/C13H10N4O/c14-10-6-3-7-11(16-10)17-12-8-4-1-2-5-9(8)15-13(12)18/h1-7H,(H3,14,15,16,17,18). The molecule has 0 saturated carbocycles.